The van der Waals surface area contributed by atoms with Crippen LogP contribution in [0.2, 0.25) is 0 Å². The summed E-state index contributed by atoms with van der Waals surface area (Å²) in [5.74, 6) is 1.31. The largest absolute Gasteiger partial charge is 0.341 e. The van der Waals surface area contributed by atoms with E-state index in [-0.39, 0.29) is 11.8 Å². The summed E-state index contributed by atoms with van der Waals surface area (Å²) in [5, 5.41) is 9.68. The fourth-order valence-electron chi connectivity index (χ4n) is 5.28. The number of carbonyl (C=O) groups is 1. The standard InChI is InChI=1S/C29H29N5O2/c1-2-34-25-11-7-6-10-23(25)24-18-22(12-13-26(24)34)30-29(35)21-14-16-33(17-15-21)19-27-31-28(32-36-27)20-8-4-3-5-9-20/h3-13,18,21H,2,14-17,19H2,1H3,(H,30,35). The monoisotopic (exact) mass is 479 g/mol. The second-order valence-corrected chi connectivity index (χ2v) is 9.41. The van der Waals surface area contributed by atoms with Crippen LogP contribution in [0.25, 0.3) is 33.2 Å². The highest BCUT2D eigenvalue weighted by atomic mass is 16.5. The van der Waals surface area contributed by atoms with Crippen LogP contribution in [0, 0.1) is 5.92 Å². The van der Waals surface area contributed by atoms with Crippen LogP contribution >= 0.6 is 0 Å². The van der Waals surface area contributed by atoms with E-state index in [1.54, 1.807) is 0 Å². The Labute approximate surface area is 209 Å². The lowest BCUT2D eigenvalue weighted by Crippen LogP contribution is -2.37. The minimum Gasteiger partial charge on any atom is -0.341 e. The smallest absolute Gasteiger partial charge is 0.241 e. The molecule has 6 rings (SSSR count). The number of nitrogens with one attached hydrogen (secondary N) is 1. The van der Waals surface area contributed by atoms with Crippen LogP contribution in [0.15, 0.2) is 77.3 Å². The number of likely N-dealkylation sites (tertiary alicyclic amines) is 1. The van der Waals surface area contributed by atoms with E-state index in [0.717, 1.165) is 43.7 Å². The number of rotatable bonds is 6. The average Bonchev–Trinajstić information content (AvgIpc) is 3.52. The Morgan fingerprint density at radius 3 is 2.53 bits per heavy atom. The maximum absolute atomic E-state index is 13.1. The summed E-state index contributed by atoms with van der Waals surface area (Å²) in [4.78, 5) is 19.9. The van der Waals surface area contributed by atoms with Gasteiger partial charge in [-0.3, -0.25) is 9.69 Å². The molecule has 7 heteroatoms. The Morgan fingerprint density at radius 1 is 0.972 bits per heavy atom. The van der Waals surface area contributed by atoms with Crippen molar-refractivity contribution < 1.29 is 9.32 Å². The Balaban J connectivity index is 1.08. The van der Waals surface area contributed by atoms with Gasteiger partial charge in [0.1, 0.15) is 0 Å². The van der Waals surface area contributed by atoms with Gasteiger partial charge in [0, 0.05) is 45.5 Å². The number of anilines is 1. The van der Waals surface area contributed by atoms with Crippen LogP contribution < -0.4 is 5.32 Å². The maximum Gasteiger partial charge on any atom is 0.241 e. The quantitative estimate of drug-likeness (QED) is 0.337. The molecule has 182 valence electrons. The average molecular weight is 480 g/mol. The van der Waals surface area contributed by atoms with Crippen molar-refractivity contribution >= 4 is 33.4 Å². The van der Waals surface area contributed by atoms with Gasteiger partial charge < -0.3 is 14.4 Å². The molecule has 1 fully saturated rings. The first-order valence-corrected chi connectivity index (χ1v) is 12.6. The molecular formula is C29H29N5O2. The number of amides is 1. The van der Waals surface area contributed by atoms with E-state index in [1.807, 2.05) is 36.4 Å². The highest BCUT2D eigenvalue weighted by Gasteiger charge is 2.26. The van der Waals surface area contributed by atoms with Crippen LogP contribution in [0.1, 0.15) is 25.7 Å². The summed E-state index contributed by atoms with van der Waals surface area (Å²) in [6, 6.07) is 24.5. The Morgan fingerprint density at radius 2 is 1.72 bits per heavy atom. The fourth-order valence-corrected chi connectivity index (χ4v) is 5.28. The van der Waals surface area contributed by atoms with E-state index in [9.17, 15) is 4.79 Å². The van der Waals surface area contributed by atoms with Crippen LogP contribution in [0.3, 0.4) is 0 Å². The number of aromatic nitrogens is 3. The minimum atomic E-state index is -0.00324. The van der Waals surface area contributed by atoms with Gasteiger partial charge in [-0.2, -0.15) is 4.98 Å². The summed E-state index contributed by atoms with van der Waals surface area (Å²) >= 11 is 0. The van der Waals surface area contributed by atoms with E-state index in [2.05, 4.69) is 68.2 Å². The highest BCUT2D eigenvalue weighted by molar-refractivity contribution is 6.09. The fraction of sp³-hybridized carbons (Fsp3) is 0.276. The summed E-state index contributed by atoms with van der Waals surface area (Å²) in [7, 11) is 0. The molecule has 1 saturated heterocycles. The van der Waals surface area contributed by atoms with Gasteiger partial charge in [-0.15, -0.1) is 0 Å². The van der Waals surface area contributed by atoms with Crippen molar-refractivity contribution in [3.63, 3.8) is 0 Å². The lowest BCUT2D eigenvalue weighted by Gasteiger charge is -2.30. The van der Waals surface area contributed by atoms with E-state index in [4.69, 9.17) is 4.52 Å². The molecular weight excluding hydrogens is 450 g/mol. The minimum absolute atomic E-state index is 0.00324. The van der Waals surface area contributed by atoms with E-state index >= 15 is 0 Å². The predicted molar refractivity (Wildman–Crippen MR) is 141 cm³/mol. The number of piperidine rings is 1. The molecule has 0 unspecified atom stereocenters. The summed E-state index contributed by atoms with van der Waals surface area (Å²) in [6.45, 7) is 5.32. The number of fused-ring (bicyclic) bond motifs is 3. The Bertz CT molecular complexity index is 1510. The summed E-state index contributed by atoms with van der Waals surface area (Å²) in [6.07, 6.45) is 1.62. The molecule has 7 nitrogen and oxygen atoms in total. The number of para-hydroxylation sites is 1. The third kappa shape index (κ3) is 4.27. The van der Waals surface area contributed by atoms with Crippen LogP contribution in [0.4, 0.5) is 5.69 Å². The predicted octanol–water partition coefficient (Wildman–Crippen LogP) is 5.72. The normalized spacial score (nSPS) is 15.0. The van der Waals surface area contributed by atoms with Crippen molar-refractivity contribution in [2.24, 2.45) is 5.92 Å². The molecule has 1 aliphatic rings. The van der Waals surface area contributed by atoms with Gasteiger partial charge in [-0.1, -0.05) is 53.7 Å². The lowest BCUT2D eigenvalue weighted by molar-refractivity contribution is -0.121. The molecule has 0 atom stereocenters. The molecule has 0 bridgehead atoms. The molecule has 0 saturated carbocycles. The SMILES string of the molecule is CCn1c2ccccc2c2cc(NC(=O)C3CCN(Cc4nc(-c5ccccc5)no4)CC3)ccc21. The second kappa shape index (κ2) is 9.59. The van der Waals surface area contributed by atoms with Crippen molar-refractivity contribution in [1.82, 2.24) is 19.6 Å². The van der Waals surface area contributed by atoms with E-state index in [1.165, 1.54) is 21.8 Å². The topological polar surface area (TPSA) is 76.2 Å². The highest BCUT2D eigenvalue weighted by Crippen LogP contribution is 2.31. The van der Waals surface area contributed by atoms with E-state index in [0.29, 0.717) is 18.3 Å². The number of nitrogens with zero attached hydrogens (tertiary/aromatic N) is 4. The summed E-state index contributed by atoms with van der Waals surface area (Å²) < 4.78 is 7.78. The summed E-state index contributed by atoms with van der Waals surface area (Å²) in [5.41, 5.74) is 4.22. The van der Waals surface area contributed by atoms with Gasteiger partial charge in [0.15, 0.2) is 0 Å². The Hall–Kier alpha value is -3.97. The lowest BCUT2D eigenvalue weighted by atomic mass is 9.95. The first-order valence-electron chi connectivity index (χ1n) is 12.6. The first kappa shape index (κ1) is 22.5. The zero-order valence-corrected chi connectivity index (χ0v) is 20.4. The Kier molecular flexibility index (Phi) is 5.99. The van der Waals surface area contributed by atoms with Crippen LogP contribution in [-0.2, 0) is 17.9 Å². The maximum atomic E-state index is 13.1. The molecule has 3 aromatic carbocycles. The van der Waals surface area contributed by atoms with Crippen LogP contribution in [0.5, 0.6) is 0 Å². The molecule has 3 heterocycles. The van der Waals surface area contributed by atoms with Crippen LogP contribution in [-0.4, -0.2) is 38.6 Å². The zero-order chi connectivity index (χ0) is 24.5. The molecule has 0 radical (unpaired) electrons. The number of aryl methyl sites for hydroxylation is 1. The van der Waals surface area contributed by atoms with Gasteiger partial charge in [0.2, 0.25) is 17.6 Å². The van der Waals surface area contributed by atoms with Crippen molar-refractivity contribution in [3.8, 4) is 11.4 Å². The molecule has 1 aliphatic heterocycles. The molecule has 0 aliphatic carbocycles. The number of hydrogen-bond acceptors (Lipinski definition) is 5. The second-order valence-electron chi connectivity index (χ2n) is 9.41. The first-order chi connectivity index (χ1) is 17.7. The number of hydrogen-bond donors (Lipinski definition) is 1. The zero-order valence-electron chi connectivity index (χ0n) is 20.4. The molecule has 5 aromatic rings. The van der Waals surface area contributed by atoms with Crippen molar-refractivity contribution in [2.75, 3.05) is 18.4 Å². The molecule has 36 heavy (non-hydrogen) atoms. The van der Waals surface area contributed by atoms with E-state index < -0.39 is 0 Å². The van der Waals surface area contributed by atoms with Gasteiger partial charge in [-0.05, 0) is 57.1 Å². The van der Waals surface area contributed by atoms with Crippen molar-refractivity contribution in [2.45, 2.75) is 32.9 Å². The molecule has 1 amide bonds. The van der Waals surface area contributed by atoms with Gasteiger partial charge in [-0.25, -0.2) is 0 Å². The molecule has 1 N–H and O–H groups in total. The van der Waals surface area contributed by atoms with Crippen molar-refractivity contribution in [3.05, 3.63) is 78.7 Å². The van der Waals surface area contributed by atoms with Gasteiger partial charge in [0.25, 0.3) is 0 Å². The molecule has 2 aromatic heterocycles. The third-order valence-electron chi connectivity index (χ3n) is 7.17. The van der Waals surface area contributed by atoms with Gasteiger partial charge >= 0.3 is 0 Å². The third-order valence-corrected chi connectivity index (χ3v) is 7.17. The number of carbonyl (C=O) groups excluding carboxylic acids is 1. The number of benzene rings is 3. The van der Waals surface area contributed by atoms with Gasteiger partial charge in [0.05, 0.1) is 6.54 Å². The molecule has 0 spiro atoms. The van der Waals surface area contributed by atoms with Crippen molar-refractivity contribution in [1.29, 1.82) is 0 Å².